The Labute approximate surface area is 151 Å². The number of aliphatic hydroxyl groups is 1. The number of rotatable bonds is 0. The molecule has 3 heteroatoms. The molecule has 3 nitrogen and oxygen atoms in total. The molecule has 0 bridgehead atoms. The molecule has 0 amide bonds. The molecular weight excluding hydrogens is 312 g/mol. The van der Waals surface area contributed by atoms with E-state index in [0.29, 0.717) is 5.78 Å². The van der Waals surface area contributed by atoms with Gasteiger partial charge >= 0.3 is 0 Å². The van der Waals surface area contributed by atoms with Gasteiger partial charge < -0.3 is 9.84 Å². The normalized spacial score (nSPS) is 54.8. The van der Waals surface area contributed by atoms with Crippen LogP contribution in [0.1, 0.15) is 78.1 Å². The Morgan fingerprint density at radius 1 is 1.00 bits per heavy atom. The molecule has 0 radical (unpaired) electrons. The highest BCUT2D eigenvalue weighted by atomic mass is 16.6. The Morgan fingerprint density at radius 2 is 1.76 bits per heavy atom. The average molecular weight is 344 g/mol. The van der Waals surface area contributed by atoms with Gasteiger partial charge in [-0.25, -0.2) is 0 Å². The van der Waals surface area contributed by atoms with E-state index >= 15 is 0 Å². The Balaban J connectivity index is 1.48. The van der Waals surface area contributed by atoms with E-state index < -0.39 is 6.29 Å². The fourth-order valence-electron chi connectivity index (χ4n) is 7.99. The first kappa shape index (κ1) is 16.5. The molecule has 7 atom stereocenters. The van der Waals surface area contributed by atoms with Crippen molar-refractivity contribution in [2.45, 2.75) is 89.9 Å². The van der Waals surface area contributed by atoms with Crippen molar-refractivity contribution < 1.29 is 14.6 Å². The predicted octanol–water partition coefficient (Wildman–Crippen LogP) is 4.39. The second kappa shape index (κ2) is 5.19. The molecule has 0 aromatic heterocycles. The lowest BCUT2D eigenvalue weighted by atomic mass is 9.46. The first-order valence-electron chi connectivity index (χ1n) is 10.5. The number of hydrogen-bond acceptors (Lipinski definition) is 3. The minimum absolute atomic E-state index is 0.0679. The summed E-state index contributed by atoms with van der Waals surface area (Å²) in [6, 6.07) is 0. The van der Waals surface area contributed by atoms with Crippen LogP contribution in [0.5, 0.6) is 0 Å². The smallest absolute Gasteiger partial charge is 0.155 e. The van der Waals surface area contributed by atoms with Gasteiger partial charge in [0.15, 0.2) is 12.1 Å². The lowest BCUT2D eigenvalue weighted by Gasteiger charge is -2.59. The number of fused-ring (bicyclic) bond motifs is 6. The van der Waals surface area contributed by atoms with Gasteiger partial charge in [0.25, 0.3) is 0 Å². The molecule has 138 valence electrons. The minimum Gasteiger partial charge on any atom is -0.368 e. The molecule has 1 heterocycles. The molecule has 1 aliphatic heterocycles. The monoisotopic (exact) mass is 344 g/mol. The number of carbonyl (C=O) groups excluding carboxylic acids is 1. The third-order valence-electron chi connectivity index (χ3n) is 9.41. The van der Waals surface area contributed by atoms with Crippen LogP contribution in [0.3, 0.4) is 0 Å². The SMILES string of the molecule is C[C@]12CCC(=O)C=C1CC[C@H]1[C@H]3CC[C@@]4(CC[C@@H](O)O4)[C@]3(C)CC[C@@H]12. The summed E-state index contributed by atoms with van der Waals surface area (Å²) in [6.07, 6.45) is 12.3. The van der Waals surface area contributed by atoms with Crippen LogP contribution in [0.2, 0.25) is 0 Å². The van der Waals surface area contributed by atoms with Crippen LogP contribution in [0.15, 0.2) is 11.6 Å². The largest absolute Gasteiger partial charge is 0.368 e. The second-order valence-corrected chi connectivity index (χ2v) is 10.1. The van der Waals surface area contributed by atoms with Gasteiger partial charge in [-0.3, -0.25) is 4.79 Å². The Kier molecular flexibility index (Phi) is 3.43. The van der Waals surface area contributed by atoms with Crippen LogP contribution in [-0.2, 0) is 9.53 Å². The number of allylic oxidation sites excluding steroid dienone is 1. The standard InChI is InChI=1S/C22H32O3/c1-20-9-5-15(23)13-14(20)3-4-16-17(20)6-10-21(2)18(16)7-11-22(21)12-8-19(24)25-22/h13,16-19,24H,3-12H2,1-2H3/t16-,17+,18-,19+,20+,21-,22-/m1/s1. The summed E-state index contributed by atoms with van der Waals surface area (Å²) in [5, 5.41) is 10.1. The highest BCUT2D eigenvalue weighted by Gasteiger charge is 2.66. The number of aliphatic hydroxyl groups excluding tert-OH is 1. The fourth-order valence-corrected chi connectivity index (χ4v) is 7.99. The molecule has 25 heavy (non-hydrogen) atoms. The van der Waals surface area contributed by atoms with Crippen molar-refractivity contribution >= 4 is 5.78 Å². The van der Waals surface area contributed by atoms with Crippen molar-refractivity contribution in [3.8, 4) is 0 Å². The number of hydrogen-bond donors (Lipinski definition) is 1. The molecule has 3 saturated carbocycles. The molecular formula is C22H32O3. The summed E-state index contributed by atoms with van der Waals surface area (Å²) in [6.45, 7) is 4.92. The second-order valence-electron chi connectivity index (χ2n) is 10.1. The zero-order chi connectivity index (χ0) is 17.4. The van der Waals surface area contributed by atoms with Crippen molar-refractivity contribution in [2.75, 3.05) is 0 Å². The van der Waals surface area contributed by atoms with Gasteiger partial charge in [-0.2, -0.15) is 0 Å². The third kappa shape index (κ3) is 2.03. The molecule has 1 spiro atoms. The minimum atomic E-state index is -0.545. The van der Waals surface area contributed by atoms with Gasteiger partial charge in [-0.15, -0.1) is 0 Å². The fraction of sp³-hybridized carbons (Fsp3) is 0.864. The van der Waals surface area contributed by atoms with Gasteiger partial charge in [-0.1, -0.05) is 19.4 Å². The van der Waals surface area contributed by atoms with E-state index in [1.165, 1.54) is 31.3 Å². The quantitative estimate of drug-likeness (QED) is 0.709. The average Bonchev–Trinajstić information content (AvgIpc) is 3.10. The zero-order valence-corrected chi connectivity index (χ0v) is 15.7. The van der Waals surface area contributed by atoms with Crippen LogP contribution < -0.4 is 0 Å². The Hall–Kier alpha value is -0.670. The van der Waals surface area contributed by atoms with E-state index in [1.54, 1.807) is 0 Å². The maximum Gasteiger partial charge on any atom is 0.155 e. The van der Waals surface area contributed by atoms with Crippen molar-refractivity contribution in [1.82, 2.24) is 0 Å². The van der Waals surface area contributed by atoms with Gasteiger partial charge in [-0.05, 0) is 86.0 Å². The van der Waals surface area contributed by atoms with Crippen LogP contribution in [-0.4, -0.2) is 22.8 Å². The van der Waals surface area contributed by atoms with Gasteiger partial charge in [0.05, 0.1) is 5.60 Å². The molecule has 4 aliphatic carbocycles. The van der Waals surface area contributed by atoms with E-state index in [0.717, 1.165) is 56.3 Å². The van der Waals surface area contributed by atoms with Crippen LogP contribution in [0, 0.1) is 28.6 Å². The van der Waals surface area contributed by atoms with Crippen LogP contribution in [0.4, 0.5) is 0 Å². The van der Waals surface area contributed by atoms with Crippen molar-refractivity contribution in [3.05, 3.63) is 11.6 Å². The topological polar surface area (TPSA) is 46.5 Å². The molecule has 5 aliphatic rings. The first-order valence-corrected chi connectivity index (χ1v) is 10.5. The molecule has 1 N–H and O–H groups in total. The molecule has 4 fully saturated rings. The summed E-state index contributed by atoms with van der Waals surface area (Å²) in [5.41, 5.74) is 1.87. The maximum absolute atomic E-state index is 11.9. The summed E-state index contributed by atoms with van der Waals surface area (Å²) in [4.78, 5) is 11.9. The molecule has 0 unspecified atom stereocenters. The van der Waals surface area contributed by atoms with Crippen molar-refractivity contribution in [1.29, 1.82) is 0 Å². The van der Waals surface area contributed by atoms with Crippen molar-refractivity contribution in [3.63, 3.8) is 0 Å². The van der Waals surface area contributed by atoms with E-state index in [9.17, 15) is 9.90 Å². The van der Waals surface area contributed by atoms with Gasteiger partial charge in [0.1, 0.15) is 0 Å². The Morgan fingerprint density at radius 3 is 2.52 bits per heavy atom. The number of ketones is 1. The summed E-state index contributed by atoms with van der Waals surface area (Å²) < 4.78 is 6.21. The maximum atomic E-state index is 11.9. The molecule has 5 rings (SSSR count). The Bertz CT molecular complexity index is 639. The first-order chi connectivity index (χ1) is 11.9. The van der Waals surface area contributed by atoms with Crippen LogP contribution >= 0.6 is 0 Å². The van der Waals surface area contributed by atoms with E-state index in [4.69, 9.17) is 4.74 Å². The zero-order valence-electron chi connectivity index (χ0n) is 15.7. The van der Waals surface area contributed by atoms with E-state index in [-0.39, 0.29) is 16.4 Å². The van der Waals surface area contributed by atoms with Crippen LogP contribution in [0.25, 0.3) is 0 Å². The van der Waals surface area contributed by atoms with Gasteiger partial charge in [0, 0.05) is 12.8 Å². The van der Waals surface area contributed by atoms with E-state index in [1.807, 2.05) is 6.08 Å². The number of carbonyl (C=O) groups is 1. The van der Waals surface area contributed by atoms with E-state index in [2.05, 4.69) is 13.8 Å². The molecule has 0 aromatic carbocycles. The number of ether oxygens (including phenoxy) is 1. The summed E-state index contributed by atoms with van der Waals surface area (Å²) >= 11 is 0. The third-order valence-corrected chi connectivity index (χ3v) is 9.41. The lowest BCUT2D eigenvalue weighted by molar-refractivity contribution is -0.195. The van der Waals surface area contributed by atoms with Gasteiger partial charge in [0.2, 0.25) is 0 Å². The summed E-state index contributed by atoms with van der Waals surface area (Å²) in [5.74, 6) is 2.59. The molecule has 1 saturated heterocycles. The lowest BCUT2D eigenvalue weighted by Crippen LogP contribution is -2.54. The highest BCUT2D eigenvalue weighted by molar-refractivity contribution is 5.91. The van der Waals surface area contributed by atoms with Crippen molar-refractivity contribution in [2.24, 2.45) is 28.6 Å². The summed E-state index contributed by atoms with van der Waals surface area (Å²) in [7, 11) is 0. The highest BCUT2D eigenvalue weighted by Crippen LogP contribution is 2.69. The predicted molar refractivity (Wildman–Crippen MR) is 95.8 cm³/mol. The molecule has 0 aromatic rings.